The number of carbonyl (C=O) groups excluding carboxylic acids is 2. The SMILES string of the molecule is COc1ccc(N2CC(c3nnc(NC(=O)c4ccc([N+](=O)[O-])c(C)c4)s3)CC2=O)cc1. The molecule has 1 saturated heterocycles. The van der Waals surface area contributed by atoms with Crippen molar-refractivity contribution in [1.82, 2.24) is 10.2 Å². The number of carbonyl (C=O) groups is 2. The summed E-state index contributed by atoms with van der Waals surface area (Å²) in [5.74, 6) is 0.134. The Kier molecular flexibility index (Phi) is 5.82. The number of aromatic nitrogens is 2. The fourth-order valence-corrected chi connectivity index (χ4v) is 4.34. The van der Waals surface area contributed by atoms with E-state index in [-0.39, 0.29) is 23.1 Å². The summed E-state index contributed by atoms with van der Waals surface area (Å²) in [6.45, 7) is 2.04. The summed E-state index contributed by atoms with van der Waals surface area (Å²) < 4.78 is 5.15. The topological polar surface area (TPSA) is 128 Å². The summed E-state index contributed by atoms with van der Waals surface area (Å²) in [4.78, 5) is 37.2. The van der Waals surface area contributed by atoms with E-state index >= 15 is 0 Å². The third kappa shape index (κ3) is 4.28. The second-order valence-corrected chi connectivity index (χ2v) is 8.27. The molecule has 1 N–H and O–H groups in total. The van der Waals surface area contributed by atoms with Crippen molar-refractivity contribution in [1.29, 1.82) is 0 Å². The van der Waals surface area contributed by atoms with Gasteiger partial charge in [0.15, 0.2) is 0 Å². The van der Waals surface area contributed by atoms with Gasteiger partial charge in [0.05, 0.1) is 12.0 Å². The molecule has 2 aromatic carbocycles. The number of nitrogens with zero attached hydrogens (tertiary/aromatic N) is 4. The number of benzene rings is 2. The van der Waals surface area contributed by atoms with E-state index in [1.165, 1.54) is 29.5 Å². The summed E-state index contributed by atoms with van der Waals surface area (Å²) in [5.41, 5.74) is 1.41. The molecule has 0 aliphatic carbocycles. The first-order valence-corrected chi connectivity index (χ1v) is 10.5. The number of hydrogen-bond donors (Lipinski definition) is 1. The normalized spacial score (nSPS) is 15.6. The van der Waals surface area contributed by atoms with Crippen LogP contribution in [0.4, 0.5) is 16.5 Å². The molecule has 32 heavy (non-hydrogen) atoms. The van der Waals surface area contributed by atoms with Crippen LogP contribution in [0.2, 0.25) is 0 Å². The highest BCUT2D eigenvalue weighted by atomic mass is 32.1. The smallest absolute Gasteiger partial charge is 0.272 e. The zero-order valence-electron chi connectivity index (χ0n) is 17.3. The molecule has 0 saturated carbocycles. The molecule has 164 valence electrons. The maximum atomic E-state index is 12.5. The van der Waals surface area contributed by atoms with Crippen LogP contribution in [0, 0.1) is 17.0 Å². The summed E-state index contributed by atoms with van der Waals surface area (Å²) in [7, 11) is 1.58. The molecule has 0 spiro atoms. The average Bonchev–Trinajstić information content (AvgIpc) is 3.40. The number of nitrogens with one attached hydrogen (secondary N) is 1. The second kappa shape index (κ2) is 8.71. The Morgan fingerprint density at radius 3 is 2.66 bits per heavy atom. The number of methoxy groups -OCH3 is 1. The van der Waals surface area contributed by atoms with Crippen molar-refractivity contribution in [2.75, 3.05) is 23.9 Å². The lowest BCUT2D eigenvalue weighted by atomic mass is 10.1. The van der Waals surface area contributed by atoms with Crippen LogP contribution >= 0.6 is 11.3 Å². The Morgan fingerprint density at radius 2 is 2.00 bits per heavy atom. The van der Waals surface area contributed by atoms with Crippen LogP contribution in [-0.2, 0) is 4.79 Å². The molecular weight excluding hydrogens is 434 g/mol. The van der Waals surface area contributed by atoms with Crippen LogP contribution in [0.5, 0.6) is 5.75 Å². The first-order chi connectivity index (χ1) is 15.4. The fourth-order valence-electron chi connectivity index (χ4n) is 3.51. The molecular formula is C21H19N5O5S. The van der Waals surface area contributed by atoms with Crippen LogP contribution < -0.4 is 15.0 Å². The van der Waals surface area contributed by atoms with Gasteiger partial charge in [-0.05, 0) is 43.3 Å². The Hall–Kier alpha value is -3.86. The third-order valence-corrected chi connectivity index (χ3v) is 6.18. The lowest BCUT2D eigenvalue weighted by molar-refractivity contribution is -0.385. The Balaban J connectivity index is 1.43. The predicted octanol–water partition coefficient (Wildman–Crippen LogP) is 3.54. The maximum absolute atomic E-state index is 12.5. The predicted molar refractivity (Wildman–Crippen MR) is 118 cm³/mol. The number of anilines is 2. The average molecular weight is 453 g/mol. The van der Waals surface area contributed by atoms with Crippen LogP contribution in [0.25, 0.3) is 0 Å². The van der Waals surface area contributed by atoms with Crippen molar-refractivity contribution in [2.24, 2.45) is 0 Å². The van der Waals surface area contributed by atoms with Crippen molar-refractivity contribution in [3.05, 3.63) is 68.7 Å². The van der Waals surface area contributed by atoms with Crippen molar-refractivity contribution in [3.8, 4) is 5.75 Å². The van der Waals surface area contributed by atoms with Gasteiger partial charge in [-0.25, -0.2) is 0 Å². The Labute approximate surface area is 187 Å². The van der Waals surface area contributed by atoms with Gasteiger partial charge in [-0.1, -0.05) is 11.3 Å². The molecule has 2 heterocycles. The molecule has 1 atom stereocenters. The van der Waals surface area contributed by atoms with Crippen LogP contribution in [0.3, 0.4) is 0 Å². The van der Waals surface area contributed by atoms with Crippen molar-refractivity contribution >= 4 is 39.7 Å². The first kappa shape index (κ1) is 21.4. The van der Waals surface area contributed by atoms with Gasteiger partial charge >= 0.3 is 0 Å². The zero-order valence-corrected chi connectivity index (χ0v) is 18.1. The van der Waals surface area contributed by atoms with E-state index in [0.29, 0.717) is 34.4 Å². The summed E-state index contributed by atoms with van der Waals surface area (Å²) in [5, 5.41) is 22.7. The maximum Gasteiger partial charge on any atom is 0.272 e. The molecule has 10 nitrogen and oxygen atoms in total. The molecule has 3 aromatic rings. The highest BCUT2D eigenvalue weighted by Gasteiger charge is 2.34. The number of hydrogen-bond acceptors (Lipinski definition) is 8. The van der Waals surface area contributed by atoms with E-state index in [0.717, 1.165) is 5.69 Å². The van der Waals surface area contributed by atoms with Gasteiger partial charge < -0.3 is 9.64 Å². The molecule has 1 aromatic heterocycles. The van der Waals surface area contributed by atoms with E-state index in [1.807, 2.05) is 12.1 Å². The minimum atomic E-state index is -0.494. The van der Waals surface area contributed by atoms with E-state index < -0.39 is 10.8 Å². The number of nitro benzene ring substituents is 1. The van der Waals surface area contributed by atoms with Crippen molar-refractivity contribution < 1.29 is 19.2 Å². The zero-order chi connectivity index (χ0) is 22.8. The monoisotopic (exact) mass is 453 g/mol. The minimum Gasteiger partial charge on any atom is -0.497 e. The quantitative estimate of drug-likeness (QED) is 0.447. The van der Waals surface area contributed by atoms with Gasteiger partial charge in [0.2, 0.25) is 11.0 Å². The number of amides is 2. The number of aryl methyl sites for hydroxylation is 1. The van der Waals surface area contributed by atoms with Crippen LogP contribution in [-0.4, -0.2) is 40.6 Å². The summed E-state index contributed by atoms with van der Waals surface area (Å²) in [6.07, 6.45) is 0.302. The lowest BCUT2D eigenvalue weighted by Gasteiger charge is -2.16. The Bertz CT molecular complexity index is 1190. The minimum absolute atomic E-state index is 0.0118. The van der Waals surface area contributed by atoms with Gasteiger partial charge in [0, 0.05) is 41.8 Å². The van der Waals surface area contributed by atoms with Crippen molar-refractivity contribution in [3.63, 3.8) is 0 Å². The third-order valence-electron chi connectivity index (χ3n) is 5.18. The largest absolute Gasteiger partial charge is 0.497 e. The molecule has 2 amide bonds. The number of ether oxygens (including phenoxy) is 1. The Morgan fingerprint density at radius 1 is 1.25 bits per heavy atom. The number of rotatable bonds is 6. The fraction of sp³-hybridized carbons (Fsp3) is 0.238. The molecule has 0 radical (unpaired) electrons. The molecule has 4 rings (SSSR count). The molecule has 1 aliphatic rings. The second-order valence-electron chi connectivity index (χ2n) is 7.26. The van der Waals surface area contributed by atoms with Crippen LogP contribution in [0.15, 0.2) is 42.5 Å². The molecule has 1 fully saturated rings. The van der Waals surface area contributed by atoms with Gasteiger partial charge in [0.25, 0.3) is 11.6 Å². The highest BCUT2D eigenvalue weighted by Crippen LogP contribution is 2.35. The van der Waals surface area contributed by atoms with E-state index in [1.54, 1.807) is 31.1 Å². The van der Waals surface area contributed by atoms with Crippen LogP contribution in [0.1, 0.15) is 33.3 Å². The molecule has 11 heteroatoms. The van der Waals surface area contributed by atoms with Gasteiger partial charge in [-0.15, -0.1) is 10.2 Å². The molecule has 1 aliphatic heterocycles. The van der Waals surface area contributed by atoms with Gasteiger partial charge in [-0.2, -0.15) is 0 Å². The van der Waals surface area contributed by atoms with Gasteiger partial charge in [0.1, 0.15) is 10.8 Å². The molecule has 1 unspecified atom stereocenters. The highest BCUT2D eigenvalue weighted by molar-refractivity contribution is 7.15. The standard InChI is InChI=1S/C21H19N5O5S/c1-12-9-13(3-8-17(12)26(29)30)19(28)22-21-24-23-20(32-21)14-10-18(27)25(11-14)15-4-6-16(31-2)7-5-15/h3-9,14H,10-11H2,1-2H3,(H,22,24,28). The van der Waals surface area contributed by atoms with E-state index in [9.17, 15) is 19.7 Å². The van der Waals surface area contributed by atoms with E-state index in [4.69, 9.17) is 4.74 Å². The van der Waals surface area contributed by atoms with Gasteiger partial charge in [-0.3, -0.25) is 25.0 Å². The lowest BCUT2D eigenvalue weighted by Crippen LogP contribution is -2.24. The number of nitro groups is 1. The van der Waals surface area contributed by atoms with E-state index in [2.05, 4.69) is 15.5 Å². The van der Waals surface area contributed by atoms with Crippen molar-refractivity contribution in [2.45, 2.75) is 19.3 Å². The summed E-state index contributed by atoms with van der Waals surface area (Å²) in [6, 6.07) is 11.4. The molecule has 0 bridgehead atoms. The summed E-state index contributed by atoms with van der Waals surface area (Å²) >= 11 is 1.21. The first-order valence-electron chi connectivity index (χ1n) is 9.70.